The summed E-state index contributed by atoms with van der Waals surface area (Å²) in [6, 6.07) is 20.3. The molecule has 1 N–H and O–H groups in total. The normalized spacial score (nSPS) is 19.6. The Morgan fingerprint density at radius 1 is 1.03 bits per heavy atom. The molecule has 2 aromatic carbocycles. The molecule has 3 aliphatic rings. The van der Waals surface area contributed by atoms with Crippen LogP contribution in [0.25, 0.3) is 0 Å². The van der Waals surface area contributed by atoms with Crippen LogP contribution in [0.15, 0.2) is 96.1 Å². The standard InChI is InChI=1S/C30H33N5O4/c1-22(36)10-9-17-34-25-15-8-16-31-26(25)28(29(30(34)37)35(38)39)33-20-18-32(19-21-33)27(23-11-4-2-5-12-23)24-13-6-3-7-14-24/h2-8,11-16,26-27,31H,9-10,17-21H2,1H3. The van der Waals surface area contributed by atoms with E-state index in [1.807, 2.05) is 47.4 Å². The number of hydrogen-bond donors (Lipinski definition) is 1. The first kappa shape index (κ1) is 26.4. The first-order chi connectivity index (χ1) is 19.0. The van der Waals surface area contributed by atoms with E-state index in [9.17, 15) is 19.7 Å². The Bertz CT molecular complexity index is 1270. The molecule has 1 amide bonds. The Balaban J connectivity index is 1.42. The molecule has 0 spiro atoms. The van der Waals surface area contributed by atoms with Crippen molar-refractivity contribution in [1.29, 1.82) is 0 Å². The molecule has 9 heteroatoms. The highest BCUT2D eigenvalue weighted by atomic mass is 16.6. The molecule has 3 aliphatic heterocycles. The van der Waals surface area contributed by atoms with Crippen LogP contribution >= 0.6 is 0 Å². The van der Waals surface area contributed by atoms with E-state index in [-0.39, 0.29) is 24.1 Å². The van der Waals surface area contributed by atoms with Crippen LogP contribution in [0.2, 0.25) is 0 Å². The van der Waals surface area contributed by atoms with Crippen LogP contribution in [0.1, 0.15) is 36.9 Å². The Morgan fingerprint density at radius 3 is 2.21 bits per heavy atom. The predicted molar refractivity (Wildman–Crippen MR) is 148 cm³/mol. The third-order valence-electron chi connectivity index (χ3n) is 7.54. The second-order valence-electron chi connectivity index (χ2n) is 10.1. The summed E-state index contributed by atoms with van der Waals surface area (Å²) in [4.78, 5) is 42.6. The lowest BCUT2D eigenvalue weighted by molar-refractivity contribution is -0.423. The van der Waals surface area contributed by atoms with E-state index in [0.29, 0.717) is 50.4 Å². The topological polar surface area (TPSA) is 99.0 Å². The summed E-state index contributed by atoms with van der Waals surface area (Å²) in [5, 5.41) is 15.6. The lowest BCUT2D eigenvalue weighted by atomic mass is 9.95. The Morgan fingerprint density at radius 2 is 1.64 bits per heavy atom. The number of allylic oxidation sites excluding steroid dienone is 2. The third-order valence-corrected chi connectivity index (χ3v) is 7.54. The molecule has 202 valence electrons. The third kappa shape index (κ3) is 5.49. The zero-order valence-corrected chi connectivity index (χ0v) is 22.0. The highest BCUT2D eigenvalue weighted by molar-refractivity contribution is 5.95. The van der Waals surface area contributed by atoms with Crippen molar-refractivity contribution in [2.24, 2.45) is 0 Å². The highest BCUT2D eigenvalue weighted by Gasteiger charge is 2.47. The fraction of sp³-hybridized carbons (Fsp3) is 0.333. The molecule has 39 heavy (non-hydrogen) atoms. The van der Waals surface area contributed by atoms with E-state index in [1.165, 1.54) is 23.0 Å². The lowest BCUT2D eigenvalue weighted by Gasteiger charge is -2.45. The summed E-state index contributed by atoms with van der Waals surface area (Å²) in [5.74, 6) is -0.591. The number of fused-ring (bicyclic) bond motifs is 1. The average Bonchev–Trinajstić information content (AvgIpc) is 2.95. The van der Waals surface area contributed by atoms with Crippen molar-refractivity contribution in [3.8, 4) is 0 Å². The number of amides is 1. The summed E-state index contributed by atoms with van der Waals surface area (Å²) in [6.07, 6.45) is 6.16. The van der Waals surface area contributed by atoms with Crippen molar-refractivity contribution in [2.75, 3.05) is 32.7 Å². The van der Waals surface area contributed by atoms with Gasteiger partial charge in [0.2, 0.25) is 0 Å². The van der Waals surface area contributed by atoms with Gasteiger partial charge in [-0.15, -0.1) is 0 Å². The molecule has 0 radical (unpaired) electrons. The monoisotopic (exact) mass is 527 g/mol. The van der Waals surface area contributed by atoms with Crippen molar-refractivity contribution in [1.82, 2.24) is 20.0 Å². The molecule has 1 saturated heterocycles. The number of nitro groups is 1. The highest BCUT2D eigenvalue weighted by Crippen LogP contribution is 2.35. The Hall–Kier alpha value is -4.24. The van der Waals surface area contributed by atoms with Gasteiger partial charge in [-0.2, -0.15) is 0 Å². The van der Waals surface area contributed by atoms with Gasteiger partial charge in [0.15, 0.2) is 0 Å². The maximum Gasteiger partial charge on any atom is 0.355 e. The molecule has 0 aliphatic carbocycles. The van der Waals surface area contributed by atoms with E-state index in [4.69, 9.17) is 0 Å². The molecule has 1 unspecified atom stereocenters. The summed E-state index contributed by atoms with van der Waals surface area (Å²) in [5.41, 5.74) is 3.10. The number of rotatable bonds is 9. The van der Waals surface area contributed by atoms with Gasteiger partial charge in [0.25, 0.3) is 0 Å². The second-order valence-corrected chi connectivity index (χ2v) is 10.1. The van der Waals surface area contributed by atoms with Crippen LogP contribution in [0.4, 0.5) is 0 Å². The largest absolute Gasteiger partial charge is 0.377 e. The number of benzene rings is 2. The first-order valence-electron chi connectivity index (χ1n) is 13.4. The van der Waals surface area contributed by atoms with Crippen LogP contribution in [-0.4, -0.2) is 70.1 Å². The number of nitrogens with zero attached hydrogens (tertiary/aromatic N) is 4. The van der Waals surface area contributed by atoms with E-state index < -0.39 is 16.9 Å². The van der Waals surface area contributed by atoms with Gasteiger partial charge in [0.1, 0.15) is 17.5 Å². The number of carbonyl (C=O) groups is 2. The van der Waals surface area contributed by atoms with Crippen LogP contribution in [0.5, 0.6) is 0 Å². The first-order valence-corrected chi connectivity index (χ1v) is 13.4. The molecule has 1 fully saturated rings. The number of dihydropyridines is 1. The fourth-order valence-corrected chi connectivity index (χ4v) is 5.76. The van der Waals surface area contributed by atoms with Crippen LogP contribution in [0, 0.1) is 10.1 Å². The lowest BCUT2D eigenvalue weighted by Crippen LogP contribution is -2.56. The molecular weight excluding hydrogens is 494 g/mol. The number of carbonyl (C=O) groups excluding carboxylic acids is 2. The van der Waals surface area contributed by atoms with Gasteiger partial charge in [-0.1, -0.05) is 60.7 Å². The van der Waals surface area contributed by atoms with Gasteiger partial charge in [0.05, 0.1) is 11.0 Å². The Labute approximate surface area is 228 Å². The quantitative estimate of drug-likeness (QED) is 0.394. The summed E-state index contributed by atoms with van der Waals surface area (Å²) in [7, 11) is 0. The van der Waals surface area contributed by atoms with Crippen molar-refractivity contribution < 1.29 is 14.5 Å². The van der Waals surface area contributed by atoms with Gasteiger partial charge in [0, 0.05) is 44.8 Å². The minimum atomic E-state index is -0.618. The summed E-state index contributed by atoms with van der Waals surface area (Å²) < 4.78 is 0. The molecular formula is C30H33N5O4. The number of nitrogens with one attached hydrogen (secondary N) is 1. The van der Waals surface area contributed by atoms with Gasteiger partial charge in [-0.25, -0.2) is 0 Å². The minimum absolute atomic E-state index is 0.0274. The molecule has 0 saturated carbocycles. The number of hydrogen-bond acceptors (Lipinski definition) is 7. The van der Waals surface area contributed by atoms with E-state index in [1.54, 1.807) is 12.3 Å². The minimum Gasteiger partial charge on any atom is -0.377 e. The zero-order chi connectivity index (χ0) is 27.4. The van der Waals surface area contributed by atoms with E-state index in [0.717, 1.165) is 0 Å². The average molecular weight is 528 g/mol. The SMILES string of the molecule is CC(=O)CCCN1C(=O)C([N+](=O)[O-])=C(N2CCN(C(c3ccccc3)c3ccccc3)CC2)C2NC=CC=C21. The van der Waals surface area contributed by atoms with Crippen molar-refractivity contribution in [3.05, 3.63) is 117 Å². The van der Waals surface area contributed by atoms with Gasteiger partial charge in [-0.3, -0.25) is 19.8 Å². The number of Topliss-reactive ketones (excluding diaryl/α,β-unsaturated/α-hetero) is 1. The molecule has 9 nitrogen and oxygen atoms in total. The molecule has 2 aromatic rings. The van der Waals surface area contributed by atoms with Crippen molar-refractivity contribution >= 4 is 11.7 Å². The van der Waals surface area contributed by atoms with Gasteiger partial charge in [-0.05, 0) is 42.8 Å². The maximum absolute atomic E-state index is 13.5. The van der Waals surface area contributed by atoms with Crippen molar-refractivity contribution in [2.45, 2.75) is 31.8 Å². The van der Waals surface area contributed by atoms with Gasteiger partial charge >= 0.3 is 11.6 Å². The summed E-state index contributed by atoms with van der Waals surface area (Å²) in [6.45, 7) is 4.23. The summed E-state index contributed by atoms with van der Waals surface area (Å²) >= 11 is 0. The smallest absolute Gasteiger partial charge is 0.355 e. The van der Waals surface area contributed by atoms with Crippen molar-refractivity contribution in [3.63, 3.8) is 0 Å². The molecule has 5 rings (SSSR count). The molecule has 1 atom stereocenters. The predicted octanol–water partition coefficient (Wildman–Crippen LogP) is 3.46. The van der Waals surface area contributed by atoms with Gasteiger partial charge < -0.3 is 19.9 Å². The van der Waals surface area contributed by atoms with Crippen LogP contribution < -0.4 is 5.32 Å². The van der Waals surface area contributed by atoms with E-state index in [2.05, 4.69) is 34.5 Å². The van der Waals surface area contributed by atoms with E-state index >= 15 is 0 Å². The molecule has 0 bridgehead atoms. The zero-order valence-electron chi connectivity index (χ0n) is 22.0. The number of ketones is 1. The number of piperazine rings is 1. The second kappa shape index (κ2) is 11.7. The Kier molecular flexibility index (Phi) is 7.88. The molecule has 3 heterocycles. The molecule has 0 aromatic heterocycles. The maximum atomic E-state index is 13.5. The fourth-order valence-electron chi connectivity index (χ4n) is 5.76. The van der Waals surface area contributed by atoms with Crippen LogP contribution in [0.3, 0.4) is 0 Å². The van der Waals surface area contributed by atoms with Crippen LogP contribution in [-0.2, 0) is 9.59 Å².